The molecule has 138 valence electrons. The zero-order valence-corrected chi connectivity index (χ0v) is 15.3. The molecule has 1 aliphatic heterocycles. The van der Waals surface area contributed by atoms with Gasteiger partial charge in [-0.15, -0.1) is 0 Å². The van der Waals surface area contributed by atoms with Crippen molar-refractivity contribution in [1.82, 2.24) is 9.80 Å². The van der Waals surface area contributed by atoms with Gasteiger partial charge in [0.25, 0.3) is 5.91 Å². The molecule has 0 atom stereocenters. The summed E-state index contributed by atoms with van der Waals surface area (Å²) >= 11 is 0. The molecule has 1 fully saturated rings. The largest absolute Gasteiger partial charge is 0.366 e. The molecule has 0 saturated carbocycles. The van der Waals surface area contributed by atoms with Gasteiger partial charge < -0.3 is 10.6 Å². The Morgan fingerprint density at radius 2 is 1.35 bits per heavy atom. The molecule has 5 nitrogen and oxygen atoms in total. The van der Waals surface area contributed by atoms with Crippen molar-refractivity contribution in [2.24, 2.45) is 5.73 Å². The highest BCUT2D eigenvalue weighted by molar-refractivity contribution is 5.94. The van der Waals surface area contributed by atoms with Crippen LogP contribution in [0, 0.1) is 0 Å². The maximum absolute atomic E-state index is 12.2. The van der Waals surface area contributed by atoms with Gasteiger partial charge in [0.15, 0.2) is 0 Å². The minimum atomic E-state index is -0.379. The van der Waals surface area contributed by atoms with E-state index in [2.05, 4.69) is 11.8 Å². The van der Waals surface area contributed by atoms with Crippen molar-refractivity contribution in [2.75, 3.05) is 32.7 Å². The van der Waals surface area contributed by atoms with E-state index in [-0.39, 0.29) is 11.8 Å². The molecule has 0 aliphatic carbocycles. The Morgan fingerprint density at radius 3 is 1.77 bits per heavy atom. The van der Waals surface area contributed by atoms with E-state index in [4.69, 9.17) is 5.73 Å². The predicted molar refractivity (Wildman–Crippen MR) is 104 cm³/mol. The number of piperazine rings is 1. The van der Waals surface area contributed by atoms with Crippen molar-refractivity contribution >= 4 is 11.8 Å². The van der Waals surface area contributed by atoms with Gasteiger partial charge in [-0.25, -0.2) is 0 Å². The molecule has 2 amide bonds. The zero-order chi connectivity index (χ0) is 18.8. The highest BCUT2D eigenvalue weighted by atomic mass is 16.2. The molecule has 0 radical (unpaired) electrons. The van der Waals surface area contributed by atoms with Gasteiger partial charge in [0.2, 0.25) is 5.91 Å². The van der Waals surface area contributed by atoms with E-state index >= 15 is 0 Å². The highest BCUT2D eigenvalue weighted by Crippen LogP contribution is 2.08. The molecule has 26 heavy (non-hydrogen) atoms. The lowest BCUT2D eigenvalue weighted by atomic mass is 10.2. The Kier molecular flexibility index (Phi) is 7.83. The molecule has 0 aromatic heterocycles. The Labute approximate surface area is 155 Å². The topological polar surface area (TPSA) is 66.6 Å². The fraction of sp³-hybridized carbons (Fsp3) is 0.333. The van der Waals surface area contributed by atoms with E-state index in [1.165, 1.54) is 6.42 Å². The molecule has 2 aromatic carbocycles. The minimum absolute atomic E-state index is 0.168. The Hall–Kier alpha value is -2.66. The van der Waals surface area contributed by atoms with Gasteiger partial charge in [0, 0.05) is 37.3 Å². The van der Waals surface area contributed by atoms with E-state index in [0.29, 0.717) is 5.56 Å². The first-order valence-corrected chi connectivity index (χ1v) is 9.03. The molecule has 0 spiro atoms. The van der Waals surface area contributed by atoms with Crippen molar-refractivity contribution in [3.63, 3.8) is 0 Å². The van der Waals surface area contributed by atoms with Crippen LogP contribution in [0.1, 0.15) is 34.1 Å². The van der Waals surface area contributed by atoms with Crippen LogP contribution in [0.4, 0.5) is 0 Å². The number of carbonyl (C=O) groups excluding carboxylic acids is 2. The average Bonchev–Trinajstić information content (AvgIpc) is 2.70. The standard InChI is InChI=1S/C14H20N2O.C7H7NO/c1-2-8-15-9-11-16(12-10-15)14(17)13-6-4-3-5-7-13;8-7(9)6-4-2-1-3-5-6/h3-7H,2,8-12H2,1H3;1-5H,(H2,8,9). The van der Waals surface area contributed by atoms with Crippen LogP contribution >= 0.6 is 0 Å². The smallest absolute Gasteiger partial charge is 0.253 e. The van der Waals surface area contributed by atoms with Crippen LogP contribution in [-0.2, 0) is 0 Å². The van der Waals surface area contributed by atoms with Gasteiger partial charge in [-0.2, -0.15) is 0 Å². The molecule has 1 aliphatic rings. The number of rotatable bonds is 4. The number of hydrogen-bond acceptors (Lipinski definition) is 3. The Bertz CT molecular complexity index is 681. The molecule has 0 unspecified atom stereocenters. The summed E-state index contributed by atoms with van der Waals surface area (Å²) in [5.41, 5.74) is 6.33. The van der Waals surface area contributed by atoms with E-state index in [1.54, 1.807) is 24.3 Å². The van der Waals surface area contributed by atoms with E-state index < -0.39 is 0 Å². The normalized spacial score (nSPS) is 14.3. The lowest BCUT2D eigenvalue weighted by Gasteiger charge is -2.34. The van der Waals surface area contributed by atoms with Crippen molar-refractivity contribution in [2.45, 2.75) is 13.3 Å². The quantitative estimate of drug-likeness (QED) is 0.919. The van der Waals surface area contributed by atoms with E-state index in [0.717, 1.165) is 38.3 Å². The van der Waals surface area contributed by atoms with Gasteiger partial charge in [-0.3, -0.25) is 14.5 Å². The molecular formula is C21H27N3O2. The van der Waals surface area contributed by atoms with Crippen molar-refractivity contribution in [1.29, 1.82) is 0 Å². The molecule has 2 N–H and O–H groups in total. The molecule has 5 heteroatoms. The monoisotopic (exact) mass is 353 g/mol. The number of nitrogens with zero attached hydrogens (tertiary/aromatic N) is 2. The molecule has 0 bridgehead atoms. The van der Waals surface area contributed by atoms with Gasteiger partial charge in [-0.05, 0) is 37.2 Å². The highest BCUT2D eigenvalue weighted by Gasteiger charge is 2.21. The third kappa shape index (κ3) is 6.01. The second-order valence-corrected chi connectivity index (χ2v) is 6.23. The van der Waals surface area contributed by atoms with Gasteiger partial charge >= 0.3 is 0 Å². The zero-order valence-electron chi connectivity index (χ0n) is 15.3. The minimum Gasteiger partial charge on any atom is -0.366 e. The van der Waals surface area contributed by atoms with Gasteiger partial charge in [0.05, 0.1) is 0 Å². The van der Waals surface area contributed by atoms with Crippen LogP contribution in [0.25, 0.3) is 0 Å². The number of primary amides is 1. The fourth-order valence-corrected chi connectivity index (χ4v) is 2.86. The van der Waals surface area contributed by atoms with Crippen molar-refractivity contribution < 1.29 is 9.59 Å². The summed E-state index contributed by atoms with van der Waals surface area (Å²) in [4.78, 5) is 27.0. The third-order valence-corrected chi connectivity index (χ3v) is 4.28. The van der Waals surface area contributed by atoms with Crippen LogP contribution in [0.15, 0.2) is 60.7 Å². The summed E-state index contributed by atoms with van der Waals surface area (Å²) < 4.78 is 0. The molecular weight excluding hydrogens is 326 g/mol. The van der Waals surface area contributed by atoms with E-state index in [9.17, 15) is 9.59 Å². The van der Waals surface area contributed by atoms with E-state index in [1.807, 2.05) is 41.3 Å². The third-order valence-electron chi connectivity index (χ3n) is 4.28. The molecule has 1 saturated heterocycles. The molecule has 1 heterocycles. The number of nitrogens with two attached hydrogens (primary N) is 1. The van der Waals surface area contributed by atoms with Crippen molar-refractivity contribution in [3.05, 3.63) is 71.8 Å². The maximum atomic E-state index is 12.2. The van der Waals surface area contributed by atoms with Crippen LogP contribution in [-0.4, -0.2) is 54.3 Å². The van der Waals surface area contributed by atoms with Crippen molar-refractivity contribution in [3.8, 4) is 0 Å². The average molecular weight is 353 g/mol. The lowest BCUT2D eigenvalue weighted by Crippen LogP contribution is -2.48. The Balaban J connectivity index is 0.000000228. The lowest BCUT2D eigenvalue weighted by molar-refractivity contribution is 0.0637. The molecule has 3 rings (SSSR count). The number of carbonyl (C=O) groups is 2. The Morgan fingerprint density at radius 1 is 0.846 bits per heavy atom. The number of benzene rings is 2. The number of hydrogen-bond donors (Lipinski definition) is 1. The van der Waals surface area contributed by atoms with Gasteiger partial charge in [0.1, 0.15) is 0 Å². The van der Waals surface area contributed by atoms with Crippen LogP contribution in [0.5, 0.6) is 0 Å². The second-order valence-electron chi connectivity index (χ2n) is 6.23. The number of amides is 2. The summed E-state index contributed by atoms with van der Waals surface area (Å²) in [6.07, 6.45) is 1.19. The summed E-state index contributed by atoms with van der Waals surface area (Å²) in [6.45, 7) is 7.06. The SMILES string of the molecule is CCCN1CCN(C(=O)c2ccccc2)CC1.NC(=O)c1ccccc1. The summed E-state index contributed by atoms with van der Waals surface area (Å²) in [5.74, 6) is -0.211. The van der Waals surface area contributed by atoms with Gasteiger partial charge in [-0.1, -0.05) is 43.3 Å². The first kappa shape index (κ1) is 19.7. The van der Waals surface area contributed by atoms with Crippen LogP contribution in [0.3, 0.4) is 0 Å². The fourth-order valence-electron chi connectivity index (χ4n) is 2.86. The predicted octanol–water partition coefficient (Wildman–Crippen LogP) is 2.64. The summed E-state index contributed by atoms with van der Waals surface area (Å²) in [5, 5.41) is 0. The second kappa shape index (κ2) is 10.4. The summed E-state index contributed by atoms with van der Waals surface area (Å²) in [7, 11) is 0. The first-order valence-electron chi connectivity index (χ1n) is 9.03. The molecule has 2 aromatic rings. The summed E-state index contributed by atoms with van der Waals surface area (Å²) in [6, 6.07) is 18.3. The first-order chi connectivity index (χ1) is 12.6. The van der Waals surface area contributed by atoms with Crippen LogP contribution in [0.2, 0.25) is 0 Å². The maximum Gasteiger partial charge on any atom is 0.253 e. The van der Waals surface area contributed by atoms with Crippen LogP contribution < -0.4 is 5.73 Å².